The average molecular weight is 405 g/mol. The second-order valence-corrected chi connectivity index (χ2v) is 7.01. The first-order chi connectivity index (χ1) is 14.5. The van der Waals surface area contributed by atoms with Crippen LogP contribution in [0.25, 0.3) is 11.5 Å². The Labute approximate surface area is 173 Å². The van der Waals surface area contributed by atoms with E-state index in [4.69, 9.17) is 4.74 Å². The molecule has 0 aliphatic rings. The highest BCUT2D eigenvalue weighted by atomic mass is 16.5. The lowest BCUT2D eigenvalue weighted by atomic mass is 10.2. The topological polar surface area (TPSA) is 99.2 Å². The van der Waals surface area contributed by atoms with Crippen LogP contribution in [-0.4, -0.2) is 42.6 Å². The van der Waals surface area contributed by atoms with Crippen molar-refractivity contribution < 1.29 is 9.53 Å². The average Bonchev–Trinajstić information content (AvgIpc) is 3.32. The van der Waals surface area contributed by atoms with Crippen LogP contribution in [0.2, 0.25) is 0 Å². The molecule has 1 N–H and O–H groups in total. The van der Waals surface area contributed by atoms with Crippen LogP contribution >= 0.6 is 0 Å². The van der Waals surface area contributed by atoms with Gasteiger partial charge in [0.25, 0.3) is 0 Å². The van der Waals surface area contributed by atoms with Crippen LogP contribution in [0.1, 0.15) is 29.2 Å². The maximum Gasteiger partial charge on any atom is 0.220 e. The summed E-state index contributed by atoms with van der Waals surface area (Å²) in [6, 6.07) is 13.3. The van der Waals surface area contributed by atoms with Crippen molar-refractivity contribution in [3.8, 4) is 11.6 Å². The van der Waals surface area contributed by atoms with E-state index < -0.39 is 0 Å². The summed E-state index contributed by atoms with van der Waals surface area (Å²) in [5.41, 5.74) is 3.47. The predicted octanol–water partition coefficient (Wildman–Crippen LogP) is 2.18. The molecular weight excluding hydrogens is 382 g/mol. The van der Waals surface area contributed by atoms with Crippen molar-refractivity contribution in [2.45, 2.75) is 33.2 Å². The molecule has 4 rings (SSSR count). The number of hydrogen-bond donors (Lipinski definition) is 1. The van der Waals surface area contributed by atoms with Gasteiger partial charge < -0.3 is 10.1 Å². The lowest BCUT2D eigenvalue weighted by Crippen LogP contribution is -2.23. The van der Waals surface area contributed by atoms with Crippen molar-refractivity contribution in [1.29, 1.82) is 0 Å². The van der Waals surface area contributed by atoms with Crippen molar-refractivity contribution in [1.82, 2.24) is 34.9 Å². The SMILES string of the molecule is COc1ccccc1CNC(=O)CCc1nnc2ccc(-n3nc(C)cc3C)nn12. The van der Waals surface area contributed by atoms with Crippen molar-refractivity contribution in [2.75, 3.05) is 7.11 Å². The molecule has 1 amide bonds. The van der Waals surface area contributed by atoms with Crippen LogP contribution in [0, 0.1) is 13.8 Å². The van der Waals surface area contributed by atoms with E-state index in [1.807, 2.05) is 56.3 Å². The van der Waals surface area contributed by atoms with Gasteiger partial charge in [0.2, 0.25) is 5.91 Å². The Morgan fingerprint density at radius 3 is 2.70 bits per heavy atom. The van der Waals surface area contributed by atoms with Gasteiger partial charge in [-0.3, -0.25) is 4.79 Å². The largest absolute Gasteiger partial charge is 0.496 e. The molecule has 0 unspecified atom stereocenters. The number of carbonyl (C=O) groups is 1. The third-order valence-electron chi connectivity index (χ3n) is 4.78. The first kappa shape index (κ1) is 19.6. The molecule has 4 aromatic rings. The summed E-state index contributed by atoms with van der Waals surface area (Å²) in [5, 5.41) is 20.4. The van der Waals surface area contributed by atoms with Crippen LogP contribution in [0.4, 0.5) is 0 Å². The summed E-state index contributed by atoms with van der Waals surface area (Å²) in [4.78, 5) is 12.3. The van der Waals surface area contributed by atoms with E-state index in [1.165, 1.54) is 0 Å². The normalized spacial score (nSPS) is 11.0. The molecule has 30 heavy (non-hydrogen) atoms. The minimum Gasteiger partial charge on any atom is -0.496 e. The Kier molecular flexibility index (Phi) is 5.42. The fourth-order valence-electron chi connectivity index (χ4n) is 3.31. The molecular formula is C21H23N7O2. The third-order valence-corrected chi connectivity index (χ3v) is 4.78. The van der Waals surface area contributed by atoms with Crippen LogP contribution in [-0.2, 0) is 17.8 Å². The Morgan fingerprint density at radius 2 is 1.93 bits per heavy atom. The van der Waals surface area contributed by atoms with Crippen molar-refractivity contribution in [2.24, 2.45) is 0 Å². The Morgan fingerprint density at radius 1 is 1.10 bits per heavy atom. The van der Waals surface area contributed by atoms with Gasteiger partial charge in [-0.1, -0.05) is 18.2 Å². The lowest BCUT2D eigenvalue weighted by molar-refractivity contribution is -0.121. The van der Waals surface area contributed by atoms with Crippen LogP contribution < -0.4 is 10.1 Å². The number of carbonyl (C=O) groups excluding carboxylic acids is 1. The maximum atomic E-state index is 12.3. The van der Waals surface area contributed by atoms with Crippen LogP contribution in [0.3, 0.4) is 0 Å². The fraction of sp³-hybridized carbons (Fsp3) is 0.286. The summed E-state index contributed by atoms with van der Waals surface area (Å²) in [6.45, 7) is 4.32. The molecule has 1 aromatic carbocycles. The molecule has 154 valence electrons. The van der Waals surface area contributed by atoms with Gasteiger partial charge in [-0.25, -0.2) is 4.68 Å². The molecule has 0 fully saturated rings. The van der Waals surface area contributed by atoms with E-state index in [-0.39, 0.29) is 12.3 Å². The summed E-state index contributed by atoms with van der Waals surface area (Å²) in [6.07, 6.45) is 0.703. The zero-order valence-corrected chi connectivity index (χ0v) is 17.2. The molecule has 0 bridgehead atoms. The van der Waals surface area contributed by atoms with E-state index in [2.05, 4.69) is 25.7 Å². The number of amides is 1. The third kappa shape index (κ3) is 4.00. The molecule has 9 heteroatoms. The van der Waals surface area contributed by atoms with E-state index in [9.17, 15) is 4.79 Å². The number of fused-ring (bicyclic) bond motifs is 1. The Hall–Kier alpha value is -3.75. The molecule has 9 nitrogen and oxygen atoms in total. The highest BCUT2D eigenvalue weighted by Gasteiger charge is 2.13. The summed E-state index contributed by atoms with van der Waals surface area (Å²) in [5.74, 6) is 1.98. The zero-order valence-electron chi connectivity index (χ0n) is 17.2. The van der Waals surface area contributed by atoms with Gasteiger partial charge in [0.1, 0.15) is 5.75 Å². The van der Waals surface area contributed by atoms with Gasteiger partial charge in [0, 0.05) is 30.6 Å². The van der Waals surface area contributed by atoms with Gasteiger partial charge in [-0.15, -0.1) is 15.3 Å². The number of para-hydroxylation sites is 1. The monoisotopic (exact) mass is 405 g/mol. The van der Waals surface area contributed by atoms with Crippen molar-refractivity contribution >= 4 is 11.6 Å². The molecule has 0 aliphatic carbocycles. The number of aryl methyl sites for hydroxylation is 3. The van der Waals surface area contributed by atoms with Gasteiger partial charge in [0.05, 0.1) is 12.8 Å². The van der Waals surface area contributed by atoms with Crippen LogP contribution in [0.5, 0.6) is 5.75 Å². The minimum atomic E-state index is -0.0765. The Bertz CT molecular complexity index is 1200. The fourth-order valence-corrected chi connectivity index (χ4v) is 3.31. The predicted molar refractivity (Wildman–Crippen MR) is 111 cm³/mol. The summed E-state index contributed by atoms with van der Waals surface area (Å²) in [7, 11) is 1.62. The number of nitrogens with one attached hydrogen (secondary N) is 1. The number of ether oxygens (including phenoxy) is 1. The molecule has 0 saturated carbocycles. The second kappa shape index (κ2) is 8.32. The summed E-state index contributed by atoms with van der Waals surface area (Å²) >= 11 is 0. The molecule has 0 aliphatic heterocycles. The molecule has 0 saturated heterocycles. The molecule has 0 atom stereocenters. The quantitative estimate of drug-likeness (QED) is 0.506. The van der Waals surface area contributed by atoms with E-state index in [1.54, 1.807) is 16.3 Å². The van der Waals surface area contributed by atoms with Gasteiger partial charge in [-0.05, 0) is 38.1 Å². The smallest absolute Gasteiger partial charge is 0.220 e. The van der Waals surface area contributed by atoms with Gasteiger partial charge >= 0.3 is 0 Å². The first-order valence-corrected chi connectivity index (χ1v) is 9.68. The van der Waals surface area contributed by atoms with E-state index >= 15 is 0 Å². The maximum absolute atomic E-state index is 12.3. The Balaban J connectivity index is 1.44. The number of aromatic nitrogens is 6. The van der Waals surface area contributed by atoms with Crippen molar-refractivity contribution in [3.63, 3.8) is 0 Å². The van der Waals surface area contributed by atoms with Gasteiger partial charge in [0.15, 0.2) is 17.3 Å². The van der Waals surface area contributed by atoms with Gasteiger partial charge in [-0.2, -0.15) is 9.61 Å². The van der Waals surface area contributed by atoms with E-state index in [0.29, 0.717) is 30.3 Å². The second-order valence-electron chi connectivity index (χ2n) is 7.01. The number of rotatable bonds is 7. The number of benzene rings is 1. The zero-order chi connectivity index (χ0) is 21.1. The first-order valence-electron chi connectivity index (χ1n) is 9.68. The molecule has 3 aromatic heterocycles. The number of methoxy groups -OCH3 is 1. The standard InChI is InChI=1S/C21H23N7O2/c1-14-12-15(2)27(25-14)20-9-8-18-23-24-19(28(18)26-20)10-11-21(29)22-13-16-6-4-5-7-17(16)30-3/h4-9,12H,10-11,13H2,1-3H3,(H,22,29). The summed E-state index contributed by atoms with van der Waals surface area (Å²) < 4.78 is 8.76. The lowest BCUT2D eigenvalue weighted by Gasteiger charge is -2.09. The highest BCUT2D eigenvalue weighted by Crippen LogP contribution is 2.17. The van der Waals surface area contributed by atoms with Crippen molar-refractivity contribution in [3.05, 3.63) is 65.2 Å². The number of nitrogens with zero attached hydrogens (tertiary/aromatic N) is 6. The molecule has 3 heterocycles. The number of hydrogen-bond acceptors (Lipinski definition) is 6. The van der Waals surface area contributed by atoms with Crippen LogP contribution in [0.15, 0.2) is 42.5 Å². The molecule has 0 spiro atoms. The van der Waals surface area contributed by atoms with E-state index in [0.717, 1.165) is 22.7 Å². The minimum absolute atomic E-state index is 0.0765. The molecule has 0 radical (unpaired) electrons. The highest BCUT2D eigenvalue weighted by molar-refractivity contribution is 5.76.